The van der Waals surface area contributed by atoms with Crippen LogP contribution in [0.4, 0.5) is 0 Å². The Morgan fingerprint density at radius 2 is 1.71 bits per heavy atom. The average Bonchev–Trinajstić information content (AvgIpc) is 2.16. The average molecular weight is 207 g/mol. The number of nitrogens with two attached hydrogens (primary N) is 2. The molecular weight excluding hydrogens is 182 g/mol. The van der Waals surface area contributed by atoms with Crippen LogP contribution in [0.15, 0.2) is 0 Å². The largest absolute Gasteiger partial charge is 0.412 e. The van der Waals surface area contributed by atoms with Crippen molar-refractivity contribution < 1.29 is 10.2 Å². The number of unbranched alkanes of at least 4 members (excludes halogenated alkanes) is 4. The zero-order chi connectivity index (χ0) is 9.94. The van der Waals surface area contributed by atoms with E-state index in [4.69, 9.17) is 16.3 Å². The Hall–Kier alpha value is -0.200. The van der Waals surface area contributed by atoms with Gasteiger partial charge in [-0.3, -0.25) is 5.84 Å². The van der Waals surface area contributed by atoms with Crippen molar-refractivity contribution >= 4 is 0 Å². The molecule has 0 heterocycles. The third-order valence-electron chi connectivity index (χ3n) is 2.08. The van der Waals surface area contributed by atoms with Crippen molar-refractivity contribution in [2.24, 2.45) is 11.6 Å². The van der Waals surface area contributed by atoms with Crippen LogP contribution in [-0.2, 0) is 4.74 Å². The highest BCUT2D eigenvalue weighted by Crippen LogP contribution is 2.05. The Morgan fingerprint density at radius 1 is 1.14 bits per heavy atom. The van der Waals surface area contributed by atoms with E-state index in [1.165, 1.54) is 19.3 Å². The Labute approximate surface area is 86.5 Å². The minimum Gasteiger partial charge on any atom is -0.412 e. The van der Waals surface area contributed by atoms with E-state index in [1.807, 2.05) is 0 Å². The van der Waals surface area contributed by atoms with E-state index in [-0.39, 0.29) is 11.6 Å². The molecule has 0 fully saturated rings. The predicted molar refractivity (Wildman–Crippen MR) is 58.5 cm³/mol. The highest BCUT2D eigenvalue weighted by atomic mass is 16.5. The van der Waals surface area contributed by atoms with Crippen molar-refractivity contribution in [2.75, 3.05) is 13.7 Å². The van der Waals surface area contributed by atoms with Gasteiger partial charge in [-0.25, -0.2) is 5.43 Å². The summed E-state index contributed by atoms with van der Waals surface area (Å²) < 4.78 is 4.96. The topological polar surface area (TPSA) is 105 Å². The van der Waals surface area contributed by atoms with E-state index < -0.39 is 0 Å². The molecule has 0 aromatic carbocycles. The van der Waals surface area contributed by atoms with Gasteiger partial charge in [0.25, 0.3) is 0 Å². The monoisotopic (exact) mass is 207 g/mol. The Balaban J connectivity index is 0. The molecule has 0 rings (SSSR count). The smallest absolute Gasteiger partial charge is 0.0676 e. The minimum atomic E-state index is -0.0426. The Kier molecular flexibility index (Phi) is 14.8. The summed E-state index contributed by atoms with van der Waals surface area (Å²) in [5, 5.41) is 0. The molecule has 5 nitrogen and oxygen atoms in total. The van der Waals surface area contributed by atoms with Crippen LogP contribution in [-0.4, -0.2) is 25.4 Å². The van der Waals surface area contributed by atoms with Crippen LogP contribution < -0.4 is 17.0 Å². The molecular formula is C9H25N3O2. The van der Waals surface area contributed by atoms with Crippen LogP contribution in [0.2, 0.25) is 0 Å². The lowest BCUT2D eigenvalue weighted by Gasteiger charge is -2.08. The Morgan fingerprint density at radius 3 is 2.29 bits per heavy atom. The fourth-order valence-electron chi connectivity index (χ4n) is 1.22. The molecule has 0 aliphatic carbocycles. The van der Waals surface area contributed by atoms with E-state index in [9.17, 15) is 0 Å². The Bertz CT molecular complexity index is 104. The van der Waals surface area contributed by atoms with Crippen molar-refractivity contribution in [3.05, 3.63) is 0 Å². The molecule has 0 bridgehead atoms. The minimum absolute atomic E-state index is 0. The maximum atomic E-state index is 5.58. The number of rotatable bonds is 9. The molecule has 1 unspecified atom stereocenters. The van der Waals surface area contributed by atoms with Crippen LogP contribution in [0, 0.1) is 0 Å². The summed E-state index contributed by atoms with van der Waals surface area (Å²) >= 11 is 0. The van der Waals surface area contributed by atoms with Gasteiger partial charge < -0.3 is 15.9 Å². The summed E-state index contributed by atoms with van der Waals surface area (Å²) in [6.07, 6.45) is 6.98. The molecule has 14 heavy (non-hydrogen) atoms. The first-order valence-electron chi connectivity index (χ1n) is 5.02. The zero-order valence-electron chi connectivity index (χ0n) is 9.09. The second-order valence-electron chi connectivity index (χ2n) is 3.32. The quantitative estimate of drug-likeness (QED) is 0.212. The number of methoxy groups -OCH3 is 1. The van der Waals surface area contributed by atoms with Crippen LogP contribution in [0.1, 0.15) is 38.5 Å². The molecule has 0 spiro atoms. The highest BCUT2D eigenvalue weighted by molar-refractivity contribution is 4.54. The first kappa shape index (κ1) is 16.2. The third kappa shape index (κ3) is 11.8. The van der Waals surface area contributed by atoms with Crippen molar-refractivity contribution in [3.8, 4) is 0 Å². The molecule has 0 aliphatic heterocycles. The van der Waals surface area contributed by atoms with E-state index >= 15 is 0 Å². The molecule has 0 amide bonds. The summed E-state index contributed by atoms with van der Waals surface area (Å²) in [6.45, 7) is 0.879. The first-order valence-corrected chi connectivity index (χ1v) is 5.02. The molecule has 7 N–H and O–H groups in total. The van der Waals surface area contributed by atoms with Crippen LogP contribution in [0.3, 0.4) is 0 Å². The third-order valence-corrected chi connectivity index (χ3v) is 2.08. The standard InChI is InChI=1S/C9H23N3O.H2O/c1-13-8-6-4-2-3-5-7-9(10)12-11;/h9,12H,2-8,10-11H2,1H3;1H2. The van der Waals surface area contributed by atoms with Gasteiger partial charge in [0.1, 0.15) is 0 Å². The SMILES string of the molecule is COCCCCCCCC(N)NN.O. The van der Waals surface area contributed by atoms with E-state index in [0.29, 0.717) is 0 Å². The molecule has 0 aromatic rings. The molecule has 0 aromatic heterocycles. The van der Waals surface area contributed by atoms with Gasteiger partial charge in [0.2, 0.25) is 0 Å². The molecule has 5 heteroatoms. The van der Waals surface area contributed by atoms with Gasteiger partial charge in [-0.2, -0.15) is 0 Å². The summed E-state index contributed by atoms with van der Waals surface area (Å²) in [6, 6.07) is 0. The number of ether oxygens (including phenoxy) is 1. The second-order valence-corrected chi connectivity index (χ2v) is 3.32. The van der Waals surface area contributed by atoms with Gasteiger partial charge >= 0.3 is 0 Å². The molecule has 1 atom stereocenters. The molecule has 0 saturated heterocycles. The fourth-order valence-corrected chi connectivity index (χ4v) is 1.22. The van der Waals surface area contributed by atoms with Crippen molar-refractivity contribution in [3.63, 3.8) is 0 Å². The lowest BCUT2D eigenvalue weighted by atomic mass is 10.1. The van der Waals surface area contributed by atoms with Gasteiger partial charge in [0.05, 0.1) is 6.17 Å². The van der Waals surface area contributed by atoms with Crippen molar-refractivity contribution in [1.82, 2.24) is 5.43 Å². The van der Waals surface area contributed by atoms with Crippen molar-refractivity contribution in [1.29, 1.82) is 0 Å². The maximum absolute atomic E-state index is 5.58. The summed E-state index contributed by atoms with van der Waals surface area (Å²) in [4.78, 5) is 0. The number of nitrogens with one attached hydrogen (secondary N) is 1. The maximum Gasteiger partial charge on any atom is 0.0676 e. The van der Waals surface area contributed by atoms with E-state index in [1.54, 1.807) is 7.11 Å². The van der Waals surface area contributed by atoms with Gasteiger partial charge in [-0.1, -0.05) is 25.7 Å². The van der Waals surface area contributed by atoms with E-state index in [0.717, 1.165) is 25.9 Å². The lowest BCUT2D eigenvalue weighted by Crippen LogP contribution is -2.41. The molecule has 0 aliphatic rings. The van der Waals surface area contributed by atoms with Gasteiger partial charge in [0.15, 0.2) is 0 Å². The van der Waals surface area contributed by atoms with Crippen LogP contribution >= 0.6 is 0 Å². The zero-order valence-corrected chi connectivity index (χ0v) is 9.09. The second kappa shape index (κ2) is 12.8. The van der Waals surface area contributed by atoms with Crippen LogP contribution in [0.5, 0.6) is 0 Å². The first-order chi connectivity index (χ1) is 6.31. The molecule has 0 radical (unpaired) electrons. The van der Waals surface area contributed by atoms with Crippen molar-refractivity contribution in [2.45, 2.75) is 44.7 Å². The number of hydrazine groups is 1. The highest BCUT2D eigenvalue weighted by Gasteiger charge is 1.97. The van der Waals surface area contributed by atoms with Gasteiger partial charge in [-0.15, -0.1) is 0 Å². The lowest BCUT2D eigenvalue weighted by molar-refractivity contribution is 0.192. The van der Waals surface area contributed by atoms with Gasteiger partial charge in [-0.05, 0) is 12.8 Å². The molecule has 88 valence electrons. The van der Waals surface area contributed by atoms with Crippen LogP contribution in [0.25, 0.3) is 0 Å². The van der Waals surface area contributed by atoms with Gasteiger partial charge in [0, 0.05) is 13.7 Å². The van der Waals surface area contributed by atoms with E-state index in [2.05, 4.69) is 5.43 Å². The summed E-state index contributed by atoms with van der Waals surface area (Å²) in [5.41, 5.74) is 8.11. The number of hydrogen-bond acceptors (Lipinski definition) is 4. The summed E-state index contributed by atoms with van der Waals surface area (Å²) in [5.74, 6) is 5.16. The predicted octanol–water partition coefficient (Wildman–Crippen LogP) is -0.103. The number of hydrogen-bond donors (Lipinski definition) is 3. The molecule has 0 saturated carbocycles. The fraction of sp³-hybridized carbons (Fsp3) is 1.00. The summed E-state index contributed by atoms with van der Waals surface area (Å²) in [7, 11) is 1.74. The normalized spacial score (nSPS) is 12.2.